The van der Waals surface area contributed by atoms with Gasteiger partial charge in [0.05, 0.1) is 12.9 Å². The smallest absolute Gasteiger partial charge is 0.109 e. The number of ether oxygens (including phenoxy) is 1. The zero-order valence-electron chi connectivity index (χ0n) is 6.59. The van der Waals surface area contributed by atoms with Gasteiger partial charge in [-0.3, -0.25) is 0 Å². The van der Waals surface area contributed by atoms with Gasteiger partial charge in [-0.15, -0.1) is 0 Å². The van der Waals surface area contributed by atoms with E-state index in [0.29, 0.717) is 12.9 Å². The van der Waals surface area contributed by atoms with Crippen LogP contribution < -0.4 is 0 Å². The van der Waals surface area contributed by atoms with Crippen LogP contribution in [0.15, 0.2) is 0 Å². The molecular formula is C8H9BI2O. The predicted molar refractivity (Wildman–Crippen MR) is 65.3 cm³/mol. The summed E-state index contributed by atoms with van der Waals surface area (Å²) >= 11 is 5.17. The maximum absolute atomic E-state index is 5.82. The highest BCUT2D eigenvalue weighted by Crippen LogP contribution is 2.71. The maximum atomic E-state index is 5.82. The normalized spacial score (nSPS) is 67.7. The van der Waals surface area contributed by atoms with Gasteiger partial charge in [0.1, 0.15) is 7.85 Å². The average molecular weight is 386 g/mol. The van der Waals surface area contributed by atoms with Gasteiger partial charge in [0.2, 0.25) is 0 Å². The Morgan fingerprint density at radius 2 is 2.00 bits per heavy atom. The van der Waals surface area contributed by atoms with Gasteiger partial charge in [0.15, 0.2) is 0 Å². The van der Waals surface area contributed by atoms with Gasteiger partial charge < -0.3 is 4.74 Å². The third-order valence-corrected chi connectivity index (χ3v) is 6.75. The molecule has 0 aromatic carbocycles. The van der Waals surface area contributed by atoms with Crippen molar-refractivity contribution in [3.63, 3.8) is 0 Å². The molecule has 5 atom stereocenters. The Morgan fingerprint density at radius 1 is 1.25 bits per heavy atom. The highest BCUT2D eigenvalue weighted by Gasteiger charge is 2.72. The maximum Gasteiger partial charge on any atom is 0.109 e. The molecule has 2 radical (unpaired) electrons. The van der Waals surface area contributed by atoms with Gasteiger partial charge in [-0.2, -0.15) is 0 Å². The molecule has 12 heavy (non-hydrogen) atoms. The molecule has 1 saturated heterocycles. The van der Waals surface area contributed by atoms with E-state index in [2.05, 4.69) is 45.2 Å². The summed E-state index contributed by atoms with van der Waals surface area (Å²) < 4.78 is 6.65. The Kier molecular flexibility index (Phi) is 1.72. The van der Waals surface area contributed by atoms with Gasteiger partial charge in [-0.1, -0.05) is 45.2 Å². The van der Waals surface area contributed by atoms with Gasteiger partial charge in [0.25, 0.3) is 0 Å². The van der Waals surface area contributed by atoms with Crippen molar-refractivity contribution in [2.24, 2.45) is 5.92 Å². The fourth-order valence-corrected chi connectivity index (χ4v) is 6.57. The van der Waals surface area contributed by atoms with E-state index in [9.17, 15) is 0 Å². The highest BCUT2D eigenvalue weighted by atomic mass is 127. The standard InChI is InChI=1S/C8H9BI2O/c9-5-3-7(10)1-4-2-8(4,11)6(7)12-5/h4-6H,1-3H2/t4-,5-,6+,7+,8-/m1/s1. The number of hydrogen-bond acceptors (Lipinski definition) is 1. The van der Waals surface area contributed by atoms with Crippen LogP contribution >= 0.6 is 45.2 Å². The summed E-state index contributed by atoms with van der Waals surface area (Å²) in [5.41, 5.74) is 0. The second kappa shape index (κ2) is 2.35. The molecule has 1 nitrogen and oxygen atoms in total. The van der Waals surface area contributed by atoms with Crippen LogP contribution in [0.25, 0.3) is 0 Å². The van der Waals surface area contributed by atoms with E-state index in [0.717, 1.165) is 12.3 Å². The fourth-order valence-electron chi connectivity index (χ4n) is 2.81. The third kappa shape index (κ3) is 0.948. The molecule has 2 aliphatic carbocycles. The summed E-state index contributed by atoms with van der Waals surface area (Å²) in [5, 5.41) is 0. The number of hydrogen-bond donors (Lipinski definition) is 0. The van der Waals surface area contributed by atoms with Gasteiger partial charge in [0, 0.05) is 6.00 Å². The van der Waals surface area contributed by atoms with E-state index < -0.39 is 0 Å². The number of fused-ring (bicyclic) bond motifs is 3. The van der Waals surface area contributed by atoms with Crippen molar-refractivity contribution in [2.75, 3.05) is 0 Å². The molecule has 3 aliphatic rings. The second-order valence-corrected chi connectivity index (χ2v) is 8.48. The minimum atomic E-state index is 0.0000843. The Labute approximate surface area is 101 Å². The molecule has 1 heterocycles. The summed E-state index contributed by atoms with van der Waals surface area (Å²) in [7, 11) is 5.82. The quantitative estimate of drug-likeness (QED) is 0.352. The van der Waals surface area contributed by atoms with Gasteiger partial charge in [-0.05, 0) is 25.2 Å². The van der Waals surface area contributed by atoms with Crippen LogP contribution in [0.3, 0.4) is 0 Å². The first kappa shape index (κ1) is 8.77. The average Bonchev–Trinajstić information content (AvgIpc) is 2.35. The summed E-state index contributed by atoms with van der Waals surface area (Å²) in [4.78, 5) is 0. The Morgan fingerprint density at radius 3 is 2.67 bits per heavy atom. The van der Waals surface area contributed by atoms with Crippen LogP contribution in [0.1, 0.15) is 19.3 Å². The third-order valence-electron chi connectivity index (χ3n) is 3.42. The van der Waals surface area contributed by atoms with Crippen molar-refractivity contribution in [2.45, 2.75) is 38.2 Å². The van der Waals surface area contributed by atoms with Gasteiger partial charge >= 0.3 is 0 Å². The number of halogens is 2. The zero-order chi connectivity index (χ0) is 8.56. The molecule has 0 amide bonds. The Balaban J connectivity index is 1.95. The lowest BCUT2D eigenvalue weighted by molar-refractivity contribution is 0.0844. The Bertz CT molecular complexity index is 249. The lowest BCUT2D eigenvalue weighted by Gasteiger charge is -2.25. The van der Waals surface area contributed by atoms with Crippen molar-refractivity contribution >= 4 is 53.0 Å². The van der Waals surface area contributed by atoms with Crippen LogP contribution in [0, 0.1) is 5.92 Å². The van der Waals surface area contributed by atoms with Crippen LogP contribution in [0.5, 0.6) is 0 Å². The monoisotopic (exact) mass is 386 g/mol. The van der Waals surface area contributed by atoms with E-state index >= 15 is 0 Å². The molecule has 2 saturated carbocycles. The molecule has 0 bridgehead atoms. The largest absolute Gasteiger partial charge is 0.382 e. The minimum absolute atomic E-state index is 0.0000843. The van der Waals surface area contributed by atoms with Crippen LogP contribution in [0.2, 0.25) is 0 Å². The van der Waals surface area contributed by atoms with Gasteiger partial charge in [-0.25, -0.2) is 0 Å². The predicted octanol–water partition coefficient (Wildman–Crippen LogP) is 2.04. The number of rotatable bonds is 0. The fraction of sp³-hybridized carbons (Fsp3) is 1.00. The first-order chi connectivity index (χ1) is 5.55. The second-order valence-electron chi connectivity index (χ2n) is 4.33. The summed E-state index contributed by atoms with van der Waals surface area (Å²) in [6.45, 7) is 0. The van der Waals surface area contributed by atoms with E-state index in [4.69, 9.17) is 12.6 Å². The first-order valence-electron chi connectivity index (χ1n) is 4.33. The first-order valence-corrected chi connectivity index (χ1v) is 6.49. The molecule has 0 aromatic rings. The molecule has 64 valence electrons. The molecule has 0 aromatic heterocycles. The molecule has 3 fully saturated rings. The van der Waals surface area contributed by atoms with E-state index in [1.54, 1.807) is 0 Å². The summed E-state index contributed by atoms with van der Waals surface area (Å²) in [5.74, 6) is 0.924. The lowest BCUT2D eigenvalue weighted by Crippen LogP contribution is -2.34. The molecule has 0 spiro atoms. The van der Waals surface area contributed by atoms with Crippen molar-refractivity contribution < 1.29 is 4.74 Å². The van der Waals surface area contributed by atoms with Crippen molar-refractivity contribution in [1.29, 1.82) is 0 Å². The summed E-state index contributed by atoms with van der Waals surface area (Å²) in [6, 6.07) is 0.0000843. The molecule has 3 rings (SSSR count). The zero-order valence-corrected chi connectivity index (χ0v) is 10.9. The highest BCUT2D eigenvalue weighted by molar-refractivity contribution is 14.1. The topological polar surface area (TPSA) is 9.23 Å². The molecule has 0 N–H and O–H groups in total. The van der Waals surface area contributed by atoms with Crippen molar-refractivity contribution in [3.05, 3.63) is 0 Å². The van der Waals surface area contributed by atoms with E-state index in [1.165, 1.54) is 12.8 Å². The van der Waals surface area contributed by atoms with Crippen molar-refractivity contribution in [1.82, 2.24) is 0 Å². The molecule has 1 aliphatic heterocycles. The Hall–Kier alpha value is 1.48. The van der Waals surface area contributed by atoms with E-state index in [-0.39, 0.29) is 6.00 Å². The number of alkyl halides is 2. The molecule has 4 heteroatoms. The van der Waals surface area contributed by atoms with Crippen LogP contribution in [0.4, 0.5) is 0 Å². The lowest BCUT2D eigenvalue weighted by atomic mass is 9.90. The minimum Gasteiger partial charge on any atom is -0.382 e. The summed E-state index contributed by atoms with van der Waals surface area (Å²) in [6.07, 6.45) is 4.18. The van der Waals surface area contributed by atoms with Crippen LogP contribution in [-0.4, -0.2) is 26.8 Å². The van der Waals surface area contributed by atoms with Crippen molar-refractivity contribution in [3.8, 4) is 0 Å². The SMILES string of the molecule is [B][C@H]1C[C@@]2(I)C[C@@H]3C[C@]3(I)[C@H]2O1. The van der Waals surface area contributed by atoms with Crippen LogP contribution in [-0.2, 0) is 4.74 Å². The van der Waals surface area contributed by atoms with E-state index in [1.807, 2.05) is 0 Å². The molecular weight excluding hydrogens is 377 g/mol. The molecule has 0 unspecified atom stereocenters.